The van der Waals surface area contributed by atoms with Crippen molar-refractivity contribution in [3.63, 3.8) is 0 Å². The van der Waals surface area contributed by atoms with Gasteiger partial charge in [0.2, 0.25) is 0 Å². The lowest BCUT2D eigenvalue weighted by Crippen LogP contribution is -2.07. The highest BCUT2D eigenvalue weighted by Gasteiger charge is 2.23. The first-order chi connectivity index (χ1) is 5.82. The minimum absolute atomic E-state index is 0.0107. The molecule has 0 atom stereocenters. The molecule has 0 aliphatic heterocycles. The molecule has 72 valence electrons. The van der Waals surface area contributed by atoms with Crippen LogP contribution in [0.25, 0.3) is 0 Å². The van der Waals surface area contributed by atoms with Crippen LogP contribution in [0.2, 0.25) is 4.34 Å². The summed E-state index contributed by atoms with van der Waals surface area (Å²) in [4.78, 5) is 11.0. The SMILES string of the molecule is CC(C)(C)c1cc([N+](=O)[O-])c(Cl)s1. The molecule has 1 heterocycles. The van der Waals surface area contributed by atoms with E-state index in [4.69, 9.17) is 11.6 Å². The Bertz CT molecular complexity index is 340. The lowest BCUT2D eigenvalue weighted by molar-refractivity contribution is -0.384. The second kappa shape index (κ2) is 3.27. The third kappa shape index (κ3) is 2.19. The predicted molar refractivity (Wildman–Crippen MR) is 54.7 cm³/mol. The van der Waals surface area contributed by atoms with E-state index in [-0.39, 0.29) is 15.4 Å². The van der Waals surface area contributed by atoms with Crippen LogP contribution in [-0.2, 0) is 5.41 Å². The fraction of sp³-hybridized carbons (Fsp3) is 0.500. The molecule has 0 aliphatic carbocycles. The van der Waals surface area contributed by atoms with Crippen LogP contribution < -0.4 is 0 Å². The predicted octanol–water partition coefficient (Wildman–Crippen LogP) is 3.61. The van der Waals surface area contributed by atoms with Crippen molar-refractivity contribution < 1.29 is 4.92 Å². The van der Waals surface area contributed by atoms with E-state index in [1.165, 1.54) is 11.3 Å². The van der Waals surface area contributed by atoms with E-state index >= 15 is 0 Å². The van der Waals surface area contributed by atoms with E-state index in [1.807, 2.05) is 20.8 Å². The molecular weight excluding hydrogens is 210 g/mol. The molecule has 5 heteroatoms. The number of halogens is 1. The molecule has 0 spiro atoms. The van der Waals surface area contributed by atoms with Crippen LogP contribution in [0.1, 0.15) is 25.6 Å². The van der Waals surface area contributed by atoms with Crippen molar-refractivity contribution in [3.8, 4) is 0 Å². The van der Waals surface area contributed by atoms with Gasteiger partial charge in [0.05, 0.1) is 4.92 Å². The first kappa shape index (κ1) is 10.5. The van der Waals surface area contributed by atoms with Gasteiger partial charge in [-0.3, -0.25) is 10.1 Å². The lowest BCUT2D eigenvalue weighted by atomic mass is 9.95. The molecule has 0 aromatic carbocycles. The van der Waals surface area contributed by atoms with Crippen molar-refractivity contribution in [3.05, 3.63) is 25.4 Å². The molecule has 13 heavy (non-hydrogen) atoms. The van der Waals surface area contributed by atoms with Crippen LogP contribution in [0.5, 0.6) is 0 Å². The third-order valence-electron chi connectivity index (χ3n) is 1.60. The monoisotopic (exact) mass is 219 g/mol. The van der Waals surface area contributed by atoms with Crippen LogP contribution in [0, 0.1) is 10.1 Å². The van der Waals surface area contributed by atoms with Crippen LogP contribution in [0.4, 0.5) is 5.69 Å². The molecule has 1 aromatic rings. The Balaban J connectivity index is 3.17. The van der Waals surface area contributed by atoms with E-state index in [2.05, 4.69) is 0 Å². The zero-order valence-electron chi connectivity index (χ0n) is 7.63. The van der Waals surface area contributed by atoms with Gasteiger partial charge in [-0.2, -0.15) is 0 Å². The van der Waals surface area contributed by atoms with Gasteiger partial charge in [0.1, 0.15) is 0 Å². The topological polar surface area (TPSA) is 43.1 Å². The van der Waals surface area contributed by atoms with Crippen molar-refractivity contribution in [2.45, 2.75) is 26.2 Å². The fourth-order valence-electron chi connectivity index (χ4n) is 0.853. The second-order valence-electron chi connectivity index (χ2n) is 3.78. The molecule has 0 fully saturated rings. The summed E-state index contributed by atoms with van der Waals surface area (Å²) in [7, 11) is 0. The molecule has 0 bridgehead atoms. The minimum atomic E-state index is -0.450. The molecular formula is C8H10ClNO2S. The van der Waals surface area contributed by atoms with Crippen molar-refractivity contribution in [2.24, 2.45) is 0 Å². The molecule has 1 aromatic heterocycles. The molecule has 0 saturated heterocycles. The van der Waals surface area contributed by atoms with Gasteiger partial charge in [-0.05, 0) is 5.41 Å². The summed E-state index contributed by atoms with van der Waals surface area (Å²) in [5.41, 5.74) is -0.0701. The standard InChI is InChI=1S/C8H10ClNO2S/c1-8(2,3)6-4-5(10(11)12)7(9)13-6/h4H,1-3H3. The second-order valence-corrected chi connectivity index (χ2v) is 5.43. The van der Waals surface area contributed by atoms with Gasteiger partial charge in [0.25, 0.3) is 5.69 Å². The summed E-state index contributed by atoms with van der Waals surface area (Å²) in [6.07, 6.45) is 0. The average Bonchev–Trinajstić information content (AvgIpc) is 2.29. The van der Waals surface area contributed by atoms with Gasteiger partial charge in [-0.1, -0.05) is 32.4 Å². The van der Waals surface area contributed by atoms with E-state index in [9.17, 15) is 10.1 Å². The highest BCUT2D eigenvalue weighted by atomic mass is 35.5. The average molecular weight is 220 g/mol. The molecule has 0 radical (unpaired) electrons. The molecule has 0 aliphatic rings. The Morgan fingerprint density at radius 2 is 2.08 bits per heavy atom. The van der Waals surface area contributed by atoms with Crippen molar-refractivity contribution >= 4 is 28.6 Å². The Labute approximate surface area is 85.5 Å². The third-order valence-corrected chi connectivity index (χ3v) is 3.37. The first-order valence-electron chi connectivity index (χ1n) is 3.76. The van der Waals surface area contributed by atoms with Crippen molar-refractivity contribution in [1.29, 1.82) is 0 Å². The molecule has 0 amide bonds. The number of rotatable bonds is 1. The van der Waals surface area contributed by atoms with Gasteiger partial charge in [-0.15, -0.1) is 11.3 Å². The maximum Gasteiger partial charge on any atom is 0.299 e. The highest BCUT2D eigenvalue weighted by Crippen LogP contribution is 2.39. The summed E-state index contributed by atoms with van der Waals surface area (Å²) >= 11 is 7.00. The zero-order valence-corrected chi connectivity index (χ0v) is 9.20. The zero-order chi connectivity index (χ0) is 10.2. The minimum Gasteiger partial charge on any atom is -0.258 e. The number of nitrogens with zero attached hydrogens (tertiary/aromatic N) is 1. The Hall–Kier alpha value is -0.610. The van der Waals surface area contributed by atoms with Crippen LogP contribution in [0.15, 0.2) is 6.07 Å². The Morgan fingerprint density at radius 1 is 1.54 bits per heavy atom. The van der Waals surface area contributed by atoms with E-state index in [0.29, 0.717) is 0 Å². The van der Waals surface area contributed by atoms with Gasteiger partial charge < -0.3 is 0 Å². The normalized spacial score (nSPS) is 11.7. The molecule has 0 saturated carbocycles. The van der Waals surface area contributed by atoms with Crippen molar-refractivity contribution in [2.75, 3.05) is 0 Å². The van der Waals surface area contributed by atoms with Crippen LogP contribution >= 0.6 is 22.9 Å². The highest BCUT2D eigenvalue weighted by molar-refractivity contribution is 7.17. The maximum atomic E-state index is 10.5. The molecule has 3 nitrogen and oxygen atoms in total. The summed E-state index contributed by atoms with van der Waals surface area (Å²) in [6, 6.07) is 1.55. The quantitative estimate of drug-likeness (QED) is 0.535. The van der Waals surface area contributed by atoms with E-state index in [0.717, 1.165) is 4.88 Å². The summed E-state index contributed by atoms with van der Waals surface area (Å²) < 4.78 is 0.259. The number of thiophene rings is 1. The van der Waals surface area contributed by atoms with Crippen molar-refractivity contribution in [1.82, 2.24) is 0 Å². The maximum absolute atomic E-state index is 10.5. The summed E-state index contributed by atoms with van der Waals surface area (Å²) in [5, 5.41) is 10.5. The number of hydrogen-bond acceptors (Lipinski definition) is 3. The first-order valence-corrected chi connectivity index (χ1v) is 4.96. The number of nitro groups is 1. The lowest BCUT2D eigenvalue weighted by Gasteiger charge is -2.14. The van der Waals surface area contributed by atoms with Crippen LogP contribution in [0.3, 0.4) is 0 Å². The van der Waals surface area contributed by atoms with Crippen LogP contribution in [-0.4, -0.2) is 4.92 Å². The van der Waals surface area contributed by atoms with Gasteiger partial charge >= 0.3 is 0 Å². The summed E-state index contributed by atoms with van der Waals surface area (Å²) in [5.74, 6) is 0. The molecule has 0 unspecified atom stereocenters. The van der Waals surface area contributed by atoms with E-state index < -0.39 is 4.92 Å². The number of hydrogen-bond donors (Lipinski definition) is 0. The fourth-order valence-corrected chi connectivity index (χ4v) is 2.13. The van der Waals surface area contributed by atoms with Gasteiger partial charge in [0, 0.05) is 10.9 Å². The van der Waals surface area contributed by atoms with E-state index in [1.54, 1.807) is 6.07 Å². The van der Waals surface area contributed by atoms with Gasteiger partial charge in [-0.25, -0.2) is 0 Å². The largest absolute Gasteiger partial charge is 0.299 e. The molecule has 0 N–H and O–H groups in total. The van der Waals surface area contributed by atoms with Gasteiger partial charge in [0.15, 0.2) is 4.34 Å². The summed E-state index contributed by atoms with van der Waals surface area (Å²) in [6.45, 7) is 6.00. The molecule has 1 rings (SSSR count). The smallest absolute Gasteiger partial charge is 0.258 e. The Morgan fingerprint density at radius 3 is 2.31 bits per heavy atom. The Kier molecular flexibility index (Phi) is 2.63.